The van der Waals surface area contributed by atoms with Crippen molar-refractivity contribution in [3.63, 3.8) is 0 Å². The van der Waals surface area contributed by atoms with E-state index < -0.39 is 5.60 Å². The highest BCUT2D eigenvalue weighted by Crippen LogP contribution is 2.30. The molecule has 7 nitrogen and oxygen atoms in total. The van der Waals surface area contributed by atoms with Gasteiger partial charge in [-0.05, 0) is 33.0 Å². The highest BCUT2D eigenvalue weighted by Gasteiger charge is 2.38. The molecule has 2 aliphatic rings. The van der Waals surface area contributed by atoms with Gasteiger partial charge in [0.15, 0.2) is 0 Å². The van der Waals surface area contributed by atoms with Crippen molar-refractivity contribution in [2.24, 2.45) is 0 Å². The normalized spacial score (nSPS) is 28.4. The molecule has 0 saturated carbocycles. The van der Waals surface area contributed by atoms with Crippen LogP contribution in [0.15, 0.2) is 4.52 Å². The molecular weight excluding hydrogens is 248 g/mol. The van der Waals surface area contributed by atoms with Crippen molar-refractivity contribution in [1.29, 1.82) is 0 Å². The number of nitrogens with zero attached hydrogens (tertiary/aromatic N) is 3. The van der Waals surface area contributed by atoms with Gasteiger partial charge in [0.05, 0.1) is 6.61 Å². The molecule has 0 aliphatic carbocycles. The minimum absolute atomic E-state index is 0.165. The van der Waals surface area contributed by atoms with Gasteiger partial charge in [0.2, 0.25) is 5.82 Å². The van der Waals surface area contributed by atoms with E-state index in [1.54, 1.807) is 0 Å². The highest BCUT2D eigenvalue weighted by atomic mass is 16.5. The molecule has 3 heterocycles. The van der Waals surface area contributed by atoms with Gasteiger partial charge in [0, 0.05) is 13.1 Å². The first-order valence-electron chi connectivity index (χ1n) is 6.75. The summed E-state index contributed by atoms with van der Waals surface area (Å²) in [5.41, 5.74) is -0.989. The van der Waals surface area contributed by atoms with E-state index in [2.05, 4.69) is 20.4 Å². The summed E-state index contributed by atoms with van der Waals surface area (Å²) < 4.78 is 10.9. The van der Waals surface area contributed by atoms with Gasteiger partial charge in [-0.3, -0.25) is 0 Å². The molecule has 0 amide bonds. The number of aromatic nitrogens is 2. The van der Waals surface area contributed by atoms with Gasteiger partial charge in [-0.2, -0.15) is 4.98 Å². The predicted octanol–water partition coefficient (Wildman–Crippen LogP) is -0.356. The summed E-state index contributed by atoms with van der Waals surface area (Å²) in [6.45, 7) is 3.85. The molecule has 0 bridgehead atoms. The lowest BCUT2D eigenvalue weighted by atomic mass is 9.92. The van der Waals surface area contributed by atoms with Gasteiger partial charge in [-0.15, -0.1) is 0 Å². The second-order valence-corrected chi connectivity index (χ2v) is 5.36. The Morgan fingerprint density at radius 3 is 2.95 bits per heavy atom. The van der Waals surface area contributed by atoms with Crippen LogP contribution in [-0.2, 0) is 10.3 Å². The van der Waals surface area contributed by atoms with Crippen LogP contribution in [0.3, 0.4) is 0 Å². The van der Waals surface area contributed by atoms with E-state index in [4.69, 9.17) is 9.26 Å². The number of aliphatic hydroxyl groups is 1. The Labute approximate surface area is 111 Å². The number of nitrogens with one attached hydrogen (secondary N) is 1. The monoisotopic (exact) mass is 268 g/mol. The molecule has 0 radical (unpaired) electrons. The van der Waals surface area contributed by atoms with E-state index >= 15 is 0 Å². The fraction of sp³-hybridized carbons (Fsp3) is 0.833. The smallest absolute Gasteiger partial charge is 0.258 e. The maximum atomic E-state index is 10.5. The minimum atomic E-state index is -0.989. The Hall–Kier alpha value is -1.02. The van der Waals surface area contributed by atoms with Crippen molar-refractivity contribution in [2.45, 2.75) is 24.5 Å². The zero-order valence-corrected chi connectivity index (χ0v) is 11.1. The summed E-state index contributed by atoms with van der Waals surface area (Å²) in [4.78, 5) is 6.53. The molecule has 2 saturated heterocycles. The van der Waals surface area contributed by atoms with Gasteiger partial charge in [-0.25, -0.2) is 0 Å². The zero-order valence-electron chi connectivity index (χ0n) is 11.1. The average Bonchev–Trinajstić information content (AvgIpc) is 2.90. The van der Waals surface area contributed by atoms with Gasteiger partial charge in [-0.1, -0.05) is 5.16 Å². The lowest BCUT2D eigenvalue weighted by molar-refractivity contribution is -0.0264. The molecule has 1 aromatic heterocycles. The van der Waals surface area contributed by atoms with Crippen LogP contribution < -0.4 is 5.32 Å². The summed E-state index contributed by atoms with van der Waals surface area (Å²) in [5.74, 6) is 0.856. The molecule has 1 aromatic rings. The number of hydrogen-bond donors (Lipinski definition) is 2. The molecule has 0 aromatic carbocycles. The SMILES string of the molecule is CN1CCOC(c2noc(C3(O)CCNCC3)n2)C1. The topological polar surface area (TPSA) is 83.7 Å². The van der Waals surface area contributed by atoms with Crippen LogP contribution >= 0.6 is 0 Å². The van der Waals surface area contributed by atoms with Crippen molar-refractivity contribution in [2.75, 3.05) is 39.8 Å². The molecule has 2 aliphatic heterocycles. The first kappa shape index (κ1) is 13.0. The first-order valence-corrected chi connectivity index (χ1v) is 6.75. The maximum Gasteiger partial charge on any atom is 0.258 e. The maximum absolute atomic E-state index is 10.5. The number of piperidine rings is 1. The van der Waals surface area contributed by atoms with Gasteiger partial charge in [0.25, 0.3) is 5.89 Å². The largest absolute Gasteiger partial charge is 0.380 e. The summed E-state index contributed by atoms with van der Waals surface area (Å²) in [6.07, 6.45) is 1.03. The fourth-order valence-electron chi connectivity index (χ4n) is 2.54. The molecule has 19 heavy (non-hydrogen) atoms. The summed E-state index contributed by atoms with van der Waals surface area (Å²) >= 11 is 0. The summed E-state index contributed by atoms with van der Waals surface area (Å²) in [5, 5.41) is 17.7. The molecule has 2 fully saturated rings. The molecule has 3 rings (SSSR count). The lowest BCUT2D eigenvalue weighted by Gasteiger charge is -2.29. The van der Waals surface area contributed by atoms with Crippen molar-refractivity contribution < 1.29 is 14.4 Å². The average molecular weight is 268 g/mol. The van der Waals surface area contributed by atoms with E-state index in [-0.39, 0.29) is 6.10 Å². The van der Waals surface area contributed by atoms with Crippen molar-refractivity contribution in [3.8, 4) is 0 Å². The van der Waals surface area contributed by atoms with Crippen LogP contribution in [0.4, 0.5) is 0 Å². The van der Waals surface area contributed by atoms with Crippen molar-refractivity contribution >= 4 is 0 Å². The highest BCUT2D eigenvalue weighted by molar-refractivity contribution is 5.03. The standard InChI is InChI=1S/C12H20N4O3/c1-16-6-7-18-9(8-16)10-14-11(19-15-10)12(17)2-4-13-5-3-12/h9,13,17H,2-8H2,1H3. The second-order valence-electron chi connectivity index (χ2n) is 5.36. The van der Waals surface area contributed by atoms with E-state index in [1.807, 2.05) is 7.05 Å². The Morgan fingerprint density at radius 2 is 2.21 bits per heavy atom. The number of rotatable bonds is 2. The Kier molecular flexibility index (Phi) is 3.53. The van der Waals surface area contributed by atoms with Gasteiger partial charge < -0.3 is 24.6 Å². The van der Waals surface area contributed by atoms with E-state index in [9.17, 15) is 5.11 Å². The van der Waals surface area contributed by atoms with E-state index in [0.29, 0.717) is 31.2 Å². The predicted molar refractivity (Wildman–Crippen MR) is 66.5 cm³/mol. The van der Waals surface area contributed by atoms with Crippen LogP contribution in [0.2, 0.25) is 0 Å². The van der Waals surface area contributed by atoms with Gasteiger partial charge >= 0.3 is 0 Å². The lowest BCUT2D eigenvalue weighted by Crippen LogP contribution is -2.40. The van der Waals surface area contributed by atoms with Crippen LogP contribution in [0, 0.1) is 0 Å². The van der Waals surface area contributed by atoms with Crippen LogP contribution in [0.5, 0.6) is 0 Å². The number of ether oxygens (including phenoxy) is 1. The molecule has 2 N–H and O–H groups in total. The van der Waals surface area contributed by atoms with Crippen molar-refractivity contribution in [1.82, 2.24) is 20.4 Å². The van der Waals surface area contributed by atoms with E-state index in [1.165, 1.54) is 0 Å². The van der Waals surface area contributed by atoms with Gasteiger partial charge in [0.1, 0.15) is 11.7 Å². The molecule has 0 spiro atoms. The van der Waals surface area contributed by atoms with E-state index in [0.717, 1.165) is 26.2 Å². The summed E-state index contributed by atoms with van der Waals surface area (Å²) in [6, 6.07) is 0. The third-order valence-electron chi connectivity index (χ3n) is 3.83. The van der Waals surface area contributed by atoms with Crippen LogP contribution in [0.25, 0.3) is 0 Å². The minimum Gasteiger partial charge on any atom is -0.380 e. The Morgan fingerprint density at radius 1 is 1.42 bits per heavy atom. The fourth-order valence-corrected chi connectivity index (χ4v) is 2.54. The number of hydrogen-bond acceptors (Lipinski definition) is 7. The first-order chi connectivity index (χ1) is 9.17. The molecule has 1 atom stereocenters. The zero-order chi connectivity index (χ0) is 13.3. The van der Waals surface area contributed by atoms with Crippen LogP contribution in [-0.4, -0.2) is 60.0 Å². The molecular formula is C12H20N4O3. The molecule has 106 valence electrons. The second kappa shape index (κ2) is 5.16. The quantitative estimate of drug-likeness (QED) is 0.758. The number of morpholine rings is 1. The Balaban J connectivity index is 1.75. The van der Waals surface area contributed by atoms with Crippen LogP contribution in [0.1, 0.15) is 30.7 Å². The molecule has 7 heteroatoms. The number of likely N-dealkylation sites (N-methyl/N-ethyl adjacent to an activating group) is 1. The third kappa shape index (κ3) is 2.64. The van der Waals surface area contributed by atoms with Crippen molar-refractivity contribution in [3.05, 3.63) is 11.7 Å². The third-order valence-corrected chi connectivity index (χ3v) is 3.83. The summed E-state index contributed by atoms with van der Waals surface area (Å²) in [7, 11) is 2.04. The molecule has 1 unspecified atom stereocenters. The Bertz CT molecular complexity index is 430.